The molecule has 9 heteroatoms. The van der Waals surface area contributed by atoms with E-state index < -0.39 is 11.9 Å². The third-order valence-corrected chi connectivity index (χ3v) is 6.54. The van der Waals surface area contributed by atoms with Crippen LogP contribution in [0, 0.1) is 5.41 Å². The van der Waals surface area contributed by atoms with Gasteiger partial charge < -0.3 is 9.47 Å². The summed E-state index contributed by atoms with van der Waals surface area (Å²) in [6.07, 6.45) is 1.57. The fourth-order valence-corrected chi connectivity index (χ4v) is 4.70. The summed E-state index contributed by atoms with van der Waals surface area (Å²) in [6, 6.07) is 20.9. The maximum atomic E-state index is 12.8. The Kier molecular flexibility index (Phi) is 6.45. The summed E-state index contributed by atoms with van der Waals surface area (Å²) in [4.78, 5) is 31.1. The number of methoxy groups -OCH3 is 1. The molecule has 1 amide bonds. The number of amides is 1. The van der Waals surface area contributed by atoms with Gasteiger partial charge in [0, 0.05) is 10.4 Å². The molecule has 0 unspecified atom stereocenters. The van der Waals surface area contributed by atoms with E-state index in [9.17, 15) is 9.59 Å². The first kappa shape index (κ1) is 23.6. The molecule has 0 atom stereocenters. The Hall–Kier alpha value is -4.14. The van der Waals surface area contributed by atoms with E-state index in [1.54, 1.807) is 53.4 Å². The highest BCUT2D eigenvalue weighted by atomic mass is 35.5. The Bertz CT molecular complexity index is 1480. The minimum absolute atomic E-state index is 0.0299. The molecule has 3 aromatic rings. The molecule has 7 nitrogen and oxygen atoms in total. The number of aliphatic imine (C=N–C) groups is 1. The lowest BCUT2D eigenvalue weighted by molar-refractivity contribution is -0.114. The summed E-state index contributed by atoms with van der Waals surface area (Å²) in [6.45, 7) is 0. The van der Waals surface area contributed by atoms with Crippen LogP contribution in [0.25, 0.3) is 11.8 Å². The Morgan fingerprint density at radius 3 is 2.53 bits per heavy atom. The number of hydrogen-bond acceptors (Lipinski definition) is 6. The number of rotatable bonds is 5. The molecular formula is C27H18ClN3O4S. The predicted molar refractivity (Wildman–Crippen MR) is 141 cm³/mol. The predicted octanol–water partition coefficient (Wildman–Crippen LogP) is 5.87. The van der Waals surface area contributed by atoms with E-state index in [-0.39, 0.29) is 17.2 Å². The number of carbonyl (C=O) groups excluding carboxylic acids is 2. The molecule has 2 aliphatic heterocycles. The lowest BCUT2D eigenvalue weighted by atomic mass is 10.1. The first-order chi connectivity index (χ1) is 17.4. The number of amidine groups is 2. The van der Waals surface area contributed by atoms with Crippen LogP contribution in [-0.4, -0.2) is 34.9 Å². The van der Waals surface area contributed by atoms with Crippen molar-refractivity contribution in [3.8, 4) is 11.5 Å². The minimum Gasteiger partial charge on any atom is -0.493 e. The largest absolute Gasteiger partial charge is 0.493 e. The van der Waals surface area contributed by atoms with Gasteiger partial charge in [-0.3, -0.25) is 15.1 Å². The van der Waals surface area contributed by atoms with Crippen LogP contribution in [0.5, 0.6) is 11.5 Å². The normalized spacial score (nSPS) is 15.9. The zero-order valence-electron chi connectivity index (χ0n) is 18.9. The summed E-state index contributed by atoms with van der Waals surface area (Å²) >= 11 is 7.19. The molecule has 0 saturated heterocycles. The molecule has 0 radical (unpaired) electrons. The SMILES string of the molecule is COc1cc(/C=C2\C(=N)N3C(c4ccccc4)=CSC3=NC2=O)ccc1OC(=O)c1ccc(Cl)cc1. The standard InChI is InChI=1S/C27H18ClN3O4S/c1-34-23-14-16(7-12-22(23)35-26(33)18-8-10-19(28)11-9-18)13-20-24(29)31-21(17-5-3-2-4-6-17)15-36-27(31)30-25(20)32/h2-15,29H,1H3/b20-13+,29-24?. The topological polar surface area (TPSA) is 92.1 Å². The van der Waals surface area contributed by atoms with E-state index in [0.29, 0.717) is 27.1 Å². The highest BCUT2D eigenvalue weighted by Gasteiger charge is 2.36. The molecule has 0 saturated carbocycles. The van der Waals surface area contributed by atoms with E-state index in [1.165, 1.54) is 18.9 Å². The van der Waals surface area contributed by atoms with Crippen molar-refractivity contribution in [1.82, 2.24) is 4.90 Å². The fraction of sp³-hybridized carbons (Fsp3) is 0.0370. The molecule has 0 bridgehead atoms. The van der Waals surface area contributed by atoms with Gasteiger partial charge in [0.2, 0.25) is 0 Å². The Morgan fingerprint density at radius 1 is 1.06 bits per heavy atom. The second-order valence-corrected chi connectivity index (χ2v) is 9.01. The van der Waals surface area contributed by atoms with Gasteiger partial charge in [-0.1, -0.05) is 59.8 Å². The maximum absolute atomic E-state index is 12.8. The number of benzene rings is 3. The smallest absolute Gasteiger partial charge is 0.343 e. The number of hydrogen-bond donors (Lipinski definition) is 1. The van der Waals surface area contributed by atoms with E-state index in [4.69, 9.17) is 26.5 Å². The van der Waals surface area contributed by atoms with Gasteiger partial charge in [0.05, 0.1) is 23.9 Å². The van der Waals surface area contributed by atoms with Crippen LogP contribution in [-0.2, 0) is 4.79 Å². The van der Waals surface area contributed by atoms with E-state index >= 15 is 0 Å². The number of esters is 1. The van der Waals surface area contributed by atoms with Crippen molar-refractivity contribution >= 4 is 58.0 Å². The Balaban J connectivity index is 1.42. The second kappa shape index (κ2) is 9.85. The number of halogens is 1. The van der Waals surface area contributed by atoms with E-state index in [2.05, 4.69) is 4.99 Å². The van der Waals surface area contributed by atoms with Gasteiger partial charge in [-0.15, -0.1) is 0 Å². The van der Waals surface area contributed by atoms with Gasteiger partial charge in [-0.05, 0) is 53.6 Å². The van der Waals surface area contributed by atoms with Gasteiger partial charge in [0.15, 0.2) is 16.7 Å². The molecule has 1 N–H and O–H groups in total. The van der Waals surface area contributed by atoms with Crippen molar-refractivity contribution in [2.24, 2.45) is 4.99 Å². The first-order valence-corrected chi connectivity index (χ1v) is 12.0. The minimum atomic E-state index is -0.561. The van der Waals surface area contributed by atoms with Crippen molar-refractivity contribution in [1.29, 1.82) is 5.41 Å². The van der Waals surface area contributed by atoms with E-state index in [0.717, 1.165) is 11.3 Å². The molecular weight excluding hydrogens is 498 g/mol. The van der Waals surface area contributed by atoms with Gasteiger partial charge in [0.1, 0.15) is 5.84 Å². The Labute approximate surface area is 216 Å². The molecule has 3 aromatic carbocycles. The quantitative estimate of drug-likeness (QED) is 0.259. The molecule has 0 fully saturated rings. The summed E-state index contributed by atoms with van der Waals surface area (Å²) in [7, 11) is 1.45. The van der Waals surface area contributed by atoms with Crippen LogP contribution in [0.2, 0.25) is 5.02 Å². The molecule has 0 aliphatic carbocycles. The molecule has 36 heavy (non-hydrogen) atoms. The summed E-state index contributed by atoms with van der Waals surface area (Å²) < 4.78 is 10.9. The lowest BCUT2D eigenvalue weighted by Crippen LogP contribution is -2.38. The second-order valence-electron chi connectivity index (χ2n) is 7.74. The third kappa shape index (κ3) is 4.56. The maximum Gasteiger partial charge on any atom is 0.343 e. The van der Waals surface area contributed by atoms with Crippen molar-refractivity contribution in [3.05, 3.63) is 105 Å². The lowest BCUT2D eigenvalue weighted by Gasteiger charge is -2.27. The van der Waals surface area contributed by atoms with Crippen LogP contribution < -0.4 is 9.47 Å². The van der Waals surface area contributed by atoms with Crippen LogP contribution in [0.3, 0.4) is 0 Å². The zero-order valence-corrected chi connectivity index (χ0v) is 20.5. The fourth-order valence-electron chi connectivity index (χ4n) is 3.68. The van der Waals surface area contributed by atoms with Gasteiger partial charge in [0.25, 0.3) is 5.91 Å². The van der Waals surface area contributed by atoms with Crippen LogP contribution in [0.1, 0.15) is 21.5 Å². The summed E-state index contributed by atoms with van der Waals surface area (Å²) in [5.74, 6) is -0.516. The van der Waals surface area contributed by atoms with Crippen molar-refractivity contribution in [2.45, 2.75) is 0 Å². The Morgan fingerprint density at radius 2 is 1.81 bits per heavy atom. The van der Waals surface area contributed by atoms with Crippen molar-refractivity contribution in [3.63, 3.8) is 0 Å². The number of nitrogens with one attached hydrogen (secondary N) is 1. The number of ether oxygens (including phenoxy) is 2. The number of fused-ring (bicyclic) bond motifs is 1. The summed E-state index contributed by atoms with van der Waals surface area (Å²) in [5, 5.41) is 11.6. The van der Waals surface area contributed by atoms with Crippen molar-refractivity contribution < 1.29 is 19.1 Å². The third-order valence-electron chi connectivity index (χ3n) is 5.47. The average Bonchev–Trinajstić information content (AvgIpc) is 3.32. The van der Waals surface area contributed by atoms with Crippen LogP contribution in [0.4, 0.5) is 0 Å². The number of carbonyl (C=O) groups is 2. The van der Waals surface area contributed by atoms with Crippen molar-refractivity contribution in [2.75, 3.05) is 7.11 Å². The number of nitrogens with zero attached hydrogens (tertiary/aromatic N) is 2. The molecule has 2 heterocycles. The molecule has 178 valence electrons. The zero-order chi connectivity index (χ0) is 25.2. The van der Waals surface area contributed by atoms with Crippen LogP contribution in [0.15, 0.2) is 88.8 Å². The molecule has 0 spiro atoms. The van der Waals surface area contributed by atoms with Crippen LogP contribution >= 0.6 is 23.4 Å². The van der Waals surface area contributed by atoms with Gasteiger partial charge >= 0.3 is 5.97 Å². The molecule has 2 aliphatic rings. The first-order valence-electron chi connectivity index (χ1n) is 10.8. The van der Waals surface area contributed by atoms with Gasteiger partial charge in [-0.25, -0.2) is 4.79 Å². The molecule has 5 rings (SSSR count). The van der Waals surface area contributed by atoms with E-state index in [1.807, 2.05) is 35.7 Å². The highest BCUT2D eigenvalue weighted by Crippen LogP contribution is 2.38. The summed E-state index contributed by atoms with van der Waals surface area (Å²) in [5.41, 5.74) is 2.76. The molecule has 0 aromatic heterocycles. The average molecular weight is 516 g/mol. The monoisotopic (exact) mass is 515 g/mol. The highest BCUT2D eigenvalue weighted by molar-refractivity contribution is 8.17. The number of thioether (sulfide) groups is 1. The van der Waals surface area contributed by atoms with Gasteiger partial charge in [-0.2, -0.15) is 4.99 Å².